The second-order valence-electron chi connectivity index (χ2n) is 6.09. The smallest absolute Gasteiger partial charge is 0.254 e. The van der Waals surface area contributed by atoms with Gasteiger partial charge in [0.05, 0.1) is 26.3 Å². The molecule has 0 aliphatic rings. The maximum Gasteiger partial charge on any atom is 0.254 e. The summed E-state index contributed by atoms with van der Waals surface area (Å²) >= 11 is 2.13. The molecule has 0 saturated heterocycles. The van der Waals surface area contributed by atoms with E-state index < -0.39 is 0 Å². The van der Waals surface area contributed by atoms with Gasteiger partial charge in [-0.3, -0.25) is 4.79 Å². The third-order valence-electron chi connectivity index (χ3n) is 3.94. The van der Waals surface area contributed by atoms with Crippen molar-refractivity contribution in [1.29, 1.82) is 0 Å². The Hall–Kier alpha value is -1.96. The molecule has 26 heavy (non-hydrogen) atoms. The van der Waals surface area contributed by atoms with E-state index in [2.05, 4.69) is 28.7 Å². The van der Waals surface area contributed by atoms with Crippen LogP contribution in [-0.4, -0.2) is 45.2 Å². The van der Waals surface area contributed by atoms with Gasteiger partial charge in [-0.25, -0.2) is 0 Å². The number of hydrogen-bond donors (Lipinski definition) is 0. The fraction of sp³-hybridized carbons (Fsp3) is 0.350. The zero-order valence-electron chi connectivity index (χ0n) is 15.8. The molecule has 2 aromatic carbocycles. The van der Waals surface area contributed by atoms with Crippen LogP contribution in [0.3, 0.4) is 0 Å². The Morgan fingerprint density at radius 2 is 1.58 bits per heavy atom. The van der Waals surface area contributed by atoms with Gasteiger partial charge in [0.1, 0.15) is 12.4 Å². The first-order valence-corrected chi connectivity index (χ1v) is 9.31. The molecule has 1 amide bonds. The van der Waals surface area contributed by atoms with Gasteiger partial charge < -0.3 is 19.1 Å². The maximum absolute atomic E-state index is 12.8. The maximum atomic E-state index is 12.8. The summed E-state index contributed by atoms with van der Waals surface area (Å²) in [7, 11) is 4.90. The normalized spacial score (nSPS) is 10.4. The number of carbonyl (C=O) groups is 1. The van der Waals surface area contributed by atoms with Crippen molar-refractivity contribution in [2.24, 2.45) is 0 Å². The summed E-state index contributed by atoms with van der Waals surface area (Å²) in [5, 5.41) is 0. The molecule has 0 atom stereocenters. The first kappa shape index (κ1) is 20.4. The van der Waals surface area contributed by atoms with Crippen LogP contribution in [0.5, 0.6) is 17.2 Å². The summed E-state index contributed by atoms with van der Waals surface area (Å²) in [6, 6.07) is 9.59. The predicted octanol–water partition coefficient (Wildman–Crippen LogP) is 4.08. The molecule has 0 spiro atoms. The molecule has 0 aliphatic carbocycles. The molecule has 0 bridgehead atoms. The van der Waals surface area contributed by atoms with Gasteiger partial charge in [0.2, 0.25) is 0 Å². The highest BCUT2D eigenvalue weighted by Gasteiger charge is 2.18. The van der Waals surface area contributed by atoms with Crippen LogP contribution in [0.1, 0.15) is 21.5 Å². The summed E-state index contributed by atoms with van der Waals surface area (Å²) in [6.45, 7) is 4.98. The van der Waals surface area contributed by atoms with Crippen LogP contribution in [0.4, 0.5) is 0 Å². The van der Waals surface area contributed by atoms with Crippen LogP contribution in [0.15, 0.2) is 30.3 Å². The predicted molar refractivity (Wildman–Crippen MR) is 111 cm³/mol. The zero-order chi connectivity index (χ0) is 19.3. The topological polar surface area (TPSA) is 48.0 Å². The van der Waals surface area contributed by atoms with E-state index >= 15 is 0 Å². The highest BCUT2D eigenvalue weighted by molar-refractivity contribution is 14.1. The number of nitrogens with zero attached hydrogens (tertiary/aromatic N) is 1. The minimum atomic E-state index is -0.0839. The van der Waals surface area contributed by atoms with Gasteiger partial charge in [0.15, 0.2) is 11.5 Å². The van der Waals surface area contributed by atoms with Gasteiger partial charge in [0, 0.05) is 10.6 Å². The monoisotopic (exact) mass is 469 g/mol. The number of carbonyl (C=O) groups excluding carboxylic acids is 1. The molecule has 0 aliphatic heterocycles. The molecule has 0 saturated carbocycles. The SMILES string of the molecule is COc1cc(I)c(C(=O)N(C)CCOc2cc(C)cc(C)c2)cc1OC. The molecule has 0 aromatic heterocycles. The molecule has 0 heterocycles. The molecule has 0 radical (unpaired) electrons. The van der Waals surface area contributed by atoms with Crippen LogP contribution < -0.4 is 14.2 Å². The minimum Gasteiger partial charge on any atom is -0.493 e. The minimum absolute atomic E-state index is 0.0839. The number of hydrogen-bond acceptors (Lipinski definition) is 4. The zero-order valence-corrected chi connectivity index (χ0v) is 17.9. The third kappa shape index (κ3) is 5.03. The number of amides is 1. The molecule has 2 aromatic rings. The van der Waals surface area contributed by atoms with Crippen molar-refractivity contribution >= 4 is 28.5 Å². The van der Waals surface area contributed by atoms with Crippen molar-refractivity contribution < 1.29 is 19.0 Å². The number of likely N-dealkylation sites (N-methyl/N-ethyl adjacent to an activating group) is 1. The van der Waals surface area contributed by atoms with E-state index in [9.17, 15) is 4.79 Å². The van der Waals surface area contributed by atoms with Gasteiger partial charge in [0.25, 0.3) is 5.91 Å². The van der Waals surface area contributed by atoms with Crippen molar-refractivity contribution in [3.8, 4) is 17.2 Å². The van der Waals surface area contributed by atoms with E-state index in [0.717, 1.165) is 20.4 Å². The summed E-state index contributed by atoms with van der Waals surface area (Å²) in [6.07, 6.45) is 0. The van der Waals surface area contributed by atoms with Crippen molar-refractivity contribution in [1.82, 2.24) is 4.90 Å². The average molecular weight is 469 g/mol. The van der Waals surface area contributed by atoms with Crippen LogP contribution in [0, 0.1) is 17.4 Å². The Bertz CT molecular complexity index is 771. The number of ether oxygens (including phenoxy) is 3. The standard InChI is InChI=1S/C20H24INO4/c1-13-8-14(2)10-15(9-13)26-7-6-22(3)20(23)16-11-18(24-4)19(25-5)12-17(16)21/h8-12H,6-7H2,1-5H3. The lowest BCUT2D eigenvalue weighted by Crippen LogP contribution is -2.31. The molecule has 2 rings (SSSR count). The highest BCUT2D eigenvalue weighted by Crippen LogP contribution is 2.31. The number of rotatable bonds is 7. The first-order chi connectivity index (χ1) is 12.3. The van der Waals surface area contributed by atoms with Crippen molar-refractivity contribution in [3.63, 3.8) is 0 Å². The van der Waals surface area contributed by atoms with Gasteiger partial charge >= 0.3 is 0 Å². The largest absolute Gasteiger partial charge is 0.493 e. The summed E-state index contributed by atoms with van der Waals surface area (Å²) in [4.78, 5) is 14.4. The Morgan fingerprint density at radius 1 is 1.00 bits per heavy atom. The summed E-state index contributed by atoms with van der Waals surface area (Å²) < 4.78 is 17.2. The number of aryl methyl sites for hydroxylation is 2. The van der Waals surface area contributed by atoms with Crippen LogP contribution in [0.2, 0.25) is 0 Å². The Kier molecular flexibility index (Phi) is 7.14. The Morgan fingerprint density at radius 3 is 2.15 bits per heavy atom. The van der Waals surface area contributed by atoms with Gasteiger partial charge in [-0.05, 0) is 71.8 Å². The van der Waals surface area contributed by atoms with E-state index in [1.54, 1.807) is 38.3 Å². The number of halogens is 1. The summed E-state index contributed by atoms with van der Waals surface area (Å²) in [5.74, 6) is 1.88. The summed E-state index contributed by atoms with van der Waals surface area (Å²) in [5.41, 5.74) is 2.89. The fourth-order valence-corrected chi connectivity index (χ4v) is 3.31. The number of methoxy groups -OCH3 is 2. The quantitative estimate of drug-likeness (QED) is 0.574. The molecule has 140 valence electrons. The van der Waals surface area contributed by atoms with Crippen molar-refractivity contribution in [2.45, 2.75) is 13.8 Å². The first-order valence-electron chi connectivity index (χ1n) is 8.23. The van der Waals surface area contributed by atoms with E-state index in [-0.39, 0.29) is 5.91 Å². The van der Waals surface area contributed by atoms with Crippen LogP contribution in [0.25, 0.3) is 0 Å². The fourth-order valence-electron chi connectivity index (χ4n) is 2.64. The molecule has 5 nitrogen and oxygen atoms in total. The van der Waals surface area contributed by atoms with E-state index in [1.165, 1.54) is 0 Å². The van der Waals surface area contributed by atoms with E-state index in [0.29, 0.717) is 30.2 Å². The van der Waals surface area contributed by atoms with Gasteiger partial charge in [-0.1, -0.05) is 6.07 Å². The molecule has 6 heteroatoms. The van der Waals surface area contributed by atoms with E-state index in [4.69, 9.17) is 14.2 Å². The average Bonchev–Trinajstić information content (AvgIpc) is 2.59. The molecule has 0 unspecified atom stereocenters. The van der Waals surface area contributed by atoms with Gasteiger partial charge in [-0.2, -0.15) is 0 Å². The third-order valence-corrected chi connectivity index (χ3v) is 4.83. The van der Waals surface area contributed by atoms with Crippen LogP contribution >= 0.6 is 22.6 Å². The van der Waals surface area contributed by atoms with Gasteiger partial charge in [-0.15, -0.1) is 0 Å². The lowest BCUT2D eigenvalue weighted by molar-refractivity contribution is 0.0772. The van der Waals surface area contributed by atoms with E-state index in [1.807, 2.05) is 26.0 Å². The second kappa shape index (κ2) is 9.12. The molecule has 0 N–H and O–H groups in total. The molecule has 0 fully saturated rings. The lowest BCUT2D eigenvalue weighted by Gasteiger charge is -2.19. The molecular formula is C20H24INO4. The highest BCUT2D eigenvalue weighted by atomic mass is 127. The Labute approximate surface area is 168 Å². The van der Waals surface area contributed by atoms with Crippen LogP contribution in [-0.2, 0) is 0 Å². The van der Waals surface area contributed by atoms with Crippen molar-refractivity contribution in [3.05, 3.63) is 50.6 Å². The van der Waals surface area contributed by atoms with Crippen molar-refractivity contribution in [2.75, 3.05) is 34.4 Å². The second-order valence-corrected chi connectivity index (χ2v) is 7.25. The molecular weight excluding hydrogens is 445 g/mol. The Balaban J connectivity index is 2.03. The lowest BCUT2D eigenvalue weighted by atomic mass is 10.1. The number of benzene rings is 2.